The topological polar surface area (TPSA) is 68.6 Å². The Balaban J connectivity index is 1.51. The first-order valence-electron chi connectivity index (χ1n) is 9.59. The Bertz CT molecular complexity index is 1010. The van der Waals surface area contributed by atoms with Crippen LogP contribution in [-0.2, 0) is 4.74 Å². The summed E-state index contributed by atoms with van der Waals surface area (Å²) in [5, 5.41) is 7.37. The van der Waals surface area contributed by atoms with E-state index in [0.717, 1.165) is 48.9 Å². The molecule has 2 aromatic carbocycles. The van der Waals surface area contributed by atoms with E-state index in [1.807, 2.05) is 49.4 Å². The summed E-state index contributed by atoms with van der Waals surface area (Å²) in [7, 11) is 1.62. The summed E-state index contributed by atoms with van der Waals surface area (Å²) < 4.78 is 12.5. The Morgan fingerprint density at radius 3 is 2.76 bits per heavy atom. The molecule has 7 heteroatoms. The molecule has 0 bridgehead atoms. The first-order valence-corrected chi connectivity index (χ1v) is 9.59. The standard InChI is InChI=1S/C22H24N4O3/c1-16-6-7-21(28-2)20(14-16)26-9-8-19(24-26)22(27)23-17-4-3-5-18(15-17)25-10-12-29-13-11-25/h3-9,14-15H,10-13H2,1-2H3,(H,23,27). The van der Waals surface area contributed by atoms with Crippen molar-refractivity contribution in [1.82, 2.24) is 9.78 Å². The third-order valence-electron chi connectivity index (χ3n) is 4.88. The van der Waals surface area contributed by atoms with Gasteiger partial charge in [-0.2, -0.15) is 5.10 Å². The summed E-state index contributed by atoms with van der Waals surface area (Å²) in [6, 6.07) is 15.4. The van der Waals surface area contributed by atoms with Crippen LogP contribution >= 0.6 is 0 Å². The minimum absolute atomic E-state index is 0.255. The predicted octanol–water partition coefficient (Wildman–Crippen LogP) is 3.28. The molecule has 1 aliphatic heterocycles. The molecule has 0 unspecified atom stereocenters. The average molecular weight is 392 g/mol. The maximum atomic E-state index is 12.7. The van der Waals surface area contributed by atoms with Crippen molar-refractivity contribution in [3.8, 4) is 11.4 Å². The lowest BCUT2D eigenvalue weighted by Crippen LogP contribution is -2.36. The van der Waals surface area contributed by atoms with Gasteiger partial charge in [-0.3, -0.25) is 4.79 Å². The quantitative estimate of drug-likeness (QED) is 0.722. The molecule has 7 nitrogen and oxygen atoms in total. The molecule has 3 aromatic rings. The molecule has 1 saturated heterocycles. The second-order valence-electron chi connectivity index (χ2n) is 6.92. The van der Waals surface area contributed by atoms with Crippen LogP contribution in [0.5, 0.6) is 5.75 Å². The number of hydrogen-bond acceptors (Lipinski definition) is 5. The number of rotatable bonds is 5. The molecule has 29 heavy (non-hydrogen) atoms. The number of anilines is 2. The predicted molar refractivity (Wildman–Crippen MR) is 112 cm³/mol. The van der Waals surface area contributed by atoms with Crippen molar-refractivity contribution >= 4 is 17.3 Å². The molecule has 0 radical (unpaired) electrons. The Kier molecular flexibility index (Phi) is 5.48. The third kappa shape index (κ3) is 4.25. The molecule has 0 spiro atoms. The van der Waals surface area contributed by atoms with Crippen molar-refractivity contribution in [3.05, 3.63) is 66.0 Å². The zero-order valence-electron chi connectivity index (χ0n) is 16.6. The second kappa shape index (κ2) is 8.36. The van der Waals surface area contributed by atoms with Crippen LogP contribution in [-0.4, -0.2) is 49.1 Å². The number of carbonyl (C=O) groups is 1. The minimum atomic E-state index is -0.255. The molecule has 4 rings (SSSR count). The SMILES string of the molecule is COc1ccc(C)cc1-n1ccc(C(=O)Nc2cccc(N3CCOCC3)c2)n1. The van der Waals surface area contributed by atoms with Crippen molar-refractivity contribution in [2.24, 2.45) is 0 Å². The van der Waals surface area contributed by atoms with Crippen LogP contribution in [0.3, 0.4) is 0 Å². The van der Waals surface area contributed by atoms with Crippen molar-refractivity contribution in [3.63, 3.8) is 0 Å². The zero-order chi connectivity index (χ0) is 20.2. The maximum absolute atomic E-state index is 12.7. The third-order valence-corrected chi connectivity index (χ3v) is 4.88. The number of aryl methyl sites for hydroxylation is 1. The lowest BCUT2D eigenvalue weighted by molar-refractivity contribution is 0.102. The Hall–Kier alpha value is -3.32. The maximum Gasteiger partial charge on any atom is 0.276 e. The van der Waals surface area contributed by atoms with E-state index in [1.54, 1.807) is 24.1 Å². The van der Waals surface area contributed by atoms with Crippen LogP contribution in [0.2, 0.25) is 0 Å². The normalized spacial score (nSPS) is 13.9. The highest BCUT2D eigenvalue weighted by Gasteiger charge is 2.15. The lowest BCUT2D eigenvalue weighted by Gasteiger charge is -2.29. The number of methoxy groups -OCH3 is 1. The molecule has 0 saturated carbocycles. The van der Waals surface area contributed by atoms with Gasteiger partial charge in [0.05, 0.1) is 20.3 Å². The van der Waals surface area contributed by atoms with E-state index in [9.17, 15) is 4.79 Å². The van der Waals surface area contributed by atoms with Gasteiger partial charge in [-0.25, -0.2) is 4.68 Å². The van der Waals surface area contributed by atoms with Crippen LogP contribution in [0.1, 0.15) is 16.1 Å². The molecular formula is C22H24N4O3. The molecule has 1 amide bonds. The number of ether oxygens (including phenoxy) is 2. The summed E-state index contributed by atoms with van der Waals surface area (Å²) in [4.78, 5) is 15.0. The molecule has 1 N–H and O–H groups in total. The zero-order valence-corrected chi connectivity index (χ0v) is 16.6. The smallest absolute Gasteiger partial charge is 0.276 e. The van der Waals surface area contributed by atoms with Crippen LogP contribution in [0.4, 0.5) is 11.4 Å². The van der Waals surface area contributed by atoms with E-state index in [1.165, 1.54) is 0 Å². The van der Waals surface area contributed by atoms with Gasteiger partial charge in [-0.05, 0) is 48.9 Å². The fourth-order valence-electron chi connectivity index (χ4n) is 3.36. The minimum Gasteiger partial charge on any atom is -0.494 e. The average Bonchev–Trinajstić information content (AvgIpc) is 3.25. The summed E-state index contributed by atoms with van der Waals surface area (Å²) in [6.45, 7) is 5.13. The number of nitrogens with one attached hydrogen (secondary N) is 1. The highest BCUT2D eigenvalue weighted by molar-refractivity contribution is 6.03. The van der Waals surface area contributed by atoms with E-state index < -0.39 is 0 Å². The van der Waals surface area contributed by atoms with E-state index in [-0.39, 0.29) is 5.91 Å². The van der Waals surface area contributed by atoms with Gasteiger partial charge in [0, 0.05) is 30.7 Å². The number of amides is 1. The van der Waals surface area contributed by atoms with Crippen LogP contribution in [0.15, 0.2) is 54.7 Å². The van der Waals surface area contributed by atoms with Gasteiger partial charge in [-0.15, -0.1) is 0 Å². The van der Waals surface area contributed by atoms with Gasteiger partial charge >= 0.3 is 0 Å². The number of nitrogens with zero attached hydrogens (tertiary/aromatic N) is 3. The fourth-order valence-corrected chi connectivity index (χ4v) is 3.36. The lowest BCUT2D eigenvalue weighted by atomic mass is 10.2. The summed E-state index contributed by atoms with van der Waals surface area (Å²) in [6.07, 6.45) is 1.76. The van der Waals surface area contributed by atoms with Gasteiger partial charge in [-0.1, -0.05) is 12.1 Å². The first kappa shape index (κ1) is 19.0. The largest absolute Gasteiger partial charge is 0.494 e. The first-order chi connectivity index (χ1) is 14.1. The molecule has 0 atom stereocenters. The van der Waals surface area contributed by atoms with Crippen molar-refractivity contribution in [1.29, 1.82) is 0 Å². The number of morpholine rings is 1. The number of benzene rings is 2. The highest BCUT2D eigenvalue weighted by atomic mass is 16.5. The van der Waals surface area contributed by atoms with E-state index in [0.29, 0.717) is 11.4 Å². The Morgan fingerprint density at radius 1 is 1.14 bits per heavy atom. The van der Waals surface area contributed by atoms with Crippen molar-refractivity contribution in [2.75, 3.05) is 43.6 Å². The van der Waals surface area contributed by atoms with E-state index in [4.69, 9.17) is 9.47 Å². The highest BCUT2D eigenvalue weighted by Crippen LogP contribution is 2.24. The van der Waals surface area contributed by atoms with Crippen molar-refractivity contribution in [2.45, 2.75) is 6.92 Å². The summed E-state index contributed by atoms with van der Waals surface area (Å²) in [5.74, 6) is 0.443. The van der Waals surface area contributed by atoms with Crippen LogP contribution < -0.4 is 15.0 Å². The van der Waals surface area contributed by atoms with Crippen LogP contribution in [0.25, 0.3) is 5.69 Å². The number of aromatic nitrogens is 2. The van der Waals surface area contributed by atoms with E-state index in [2.05, 4.69) is 15.3 Å². The second-order valence-corrected chi connectivity index (χ2v) is 6.92. The molecule has 0 aliphatic carbocycles. The fraction of sp³-hybridized carbons (Fsp3) is 0.273. The molecular weight excluding hydrogens is 368 g/mol. The van der Waals surface area contributed by atoms with Crippen LogP contribution in [0, 0.1) is 6.92 Å². The summed E-state index contributed by atoms with van der Waals surface area (Å²) in [5.41, 5.74) is 4.02. The molecule has 2 heterocycles. The monoisotopic (exact) mass is 392 g/mol. The molecule has 150 valence electrons. The molecule has 1 fully saturated rings. The number of hydrogen-bond donors (Lipinski definition) is 1. The Morgan fingerprint density at radius 2 is 1.97 bits per heavy atom. The number of carbonyl (C=O) groups excluding carboxylic acids is 1. The van der Waals surface area contributed by atoms with Gasteiger partial charge in [0.2, 0.25) is 0 Å². The van der Waals surface area contributed by atoms with Gasteiger partial charge in [0.15, 0.2) is 5.69 Å². The van der Waals surface area contributed by atoms with Gasteiger partial charge in [0.1, 0.15) is 11.4 Å². The Labute approximate surface area is 169 Å². The van der Waals surface area contributed by atoms with Gasteiger partial charge < -0.3 is 19.7 Å². The molecule has 1 aromatic heterocycles. The van der Waals surface area contributed by atoms with Crippen molar-refractivity contribution < 1.29 is 14.3 Å². The van der Waals surface area contributed by atoms with Gasteiger partial charge in [0.25, 0.3) is 5.91 Å². The summed E-state index contributed by atoms with van der Waals surface area (Å²) >= 11 is 0. The molecule has 1 aliphatic rings. The van der Waals surface area contributed by atoms with E-state index >= 15 is 0 Å².